The fraction of sp³-hybridized carbons (Fsp3) is 0.412. The number of guanidine groups is 1. The van der Waals surface area contributed by atoms with Crippen LogP contribution in [-0.4, -0.2) is 27.4 Å². The molecule has 1 aromatic carbocycles. The van der Waals surface area contributed by atoms with Gasteiger partial charge in [0.1, 0.15) is 5.75 Å². The number of halogens is 1. The van der Waals surface area contributed by atoms with Gasteiger partial charge in [0.25, 0.3) is 0 Å². The number of hydrogen-bond donors (Lipinski definition) is 3. The van der Waals surface area contributed by atoms with Crippen LogP contribution in [0.15, 0.2) is 29.3 Å². The van der Waals surface area contributed by atoms with Crippen LogP contribution < -0.4 is 10.6 Å². The number of rotatable bonds is 5. The lowest BCUT2D eigenvalue weighted by molar-refractivity contribution is 0.475. The van der Waals surface area contributed by atoms with E-state index in [0.717, 1.165) is 29.5 Å². The Kier molecular flexibility index (Phi) is 8.03. The first-order valence-electron chi connectivity index (χ1n) is 7.80. The average Bonchev–Trinajstić information content (AvgIpc) is 2.77. The van der Waals surface area contributed by atoms with Crippen molar-refractivity contribution >= 4 is 29.9 Å². The zero-order chi connectivity index (χ0) is 16.8. The molecule has 2 rings (SSSR count). The molecule has 0 fully saturated rings. The molecule has 0 amide bonds. The third-order valence-electron chi connectivity index (χ3n) is 3.79. The summed E-state index contributed by atoms with van der Waals surface area (Å²) in [6.07, 6.45) is 0. The van der Waals surface area contributed by atoms with E-state index >= 15 is 0 Å². The van der Waals surface area contributed by atoms with Gasteiger partial charge in [0.2, 0.25) is 0 Å². The number of aromatic nitrogens is 2. The summed E-state index contributed by atoms with van der Waals surface area (Å²) >= 11 is 0. The van der Waals surface area contributed by atoms with E-state index in [1.165, 1.54) is 5.56 Å². The van der Waals surface area contributed by atoms with Gasteiger partial charge in [0.15, 0.2) is 5.96 Å². The van der Waals surface area contributed by atoms with Crippen molar-refractivity contribution in [2.75, 3.05) is 6.54 Å². The zero-order valence-electron chi connectivity index (χ0n) is 14.6. The molecule has 132 valence electrons. The summed E-state index contributed by atoms with van der Waals surface area (Å²) in [5.41, 5.74) is 4.44. The van der Waals surface area contributed by atoms with Gasteiger partial charge < -0.3 is 15.7 Å². The third-order valence-corrected chi connectivity index (χ3v) is 3.79. The highest BCUT2D eigenvalue weighted by Gasteiger charge is 2.09. The standard InChI is InChI=1S/C17H25N5O.HI/c1-5-18-17(19-10-14-6-8-15(23)9-7-14)20-11-16-12(2)21-22(4)13(16)3;/h6-9,23H,5,10-11H2,1-4H3,(H2,18,19,20);1H. The lowest BCUT2D eigenvalue weighted by Gasteiger charge is -2.11. The quantitative estimate of drug-likeness (QED) is 0.378. The largest absolute Gasteiger partial charge is 0.508 e. The van der Waals surface area contributed by atoms with Crippen molar-refractivity contribution in [3.63, 3.8) is 0 Å². The number of nitrogens with one attached hydrogen (secondary N) is 2. The van der Waals surface area contributed by atoms with Crippen LogP contribution in [0.3, 0.4) is 0 Å². The molecule has 0 aliphatic rings. The molecule has 6 nitrogen and oxygen atoms in total. The number of phenolic OH excluding ortho intramolecular Hbond substituents is 1. The summed E-state index contributed by atoms with van der Waals surface area (Å²) in [7, 11) is 1.95. The molecule has 24 heavy (non-hydrogen) atoms. The molecule has 3 N–H and O–H groups in total. The molecule has 1 heterocycles. The molecular formula is C17H26IN5O. The molecule has 0 spiro atoms. The number of hydrogen-bond acceptors (Lipinski definition) is 3. The molecule has 0 unspecified atom stereocenters. The molecule has 2 aromatic rings. The first kappa shape index (κ1) is 20.3. The van der Waals surface area contributed by atoms with E-state index in [0.29, 0.717) is 13.1 Å². The van der Waals surface area contributed by atoms with Crippen molar-refractivity contribution in [1.29, 1.82) is 0 Å². The summed E-state index contributed by atoms with van der Waals surface area (Å²) < 4.78 is 1.90. The van der Waals surface area contributed by atoms with E-state index in [1.807, 2.05) is 37.7 Å². The molecular weight excluding hydrogens is 417 g/mol. The number of nitrogens with zero attached hydrogens (tertiary/aromatic N) is 3. The van der Waals surface area contributed by atoms with Gasteiger partial charge in [-0.2, -0.15) is 5.10 Å². The Morgan fingerprint density at radius 2 is 1.88 bits per heavy atom. The molecule has 0 aliphatic carbocycles. The summed E-state index contributed by atoms with van der Waals surface area (Å²) in [5, 5.41) is 20.3. The van der Waals surface area contributed by atoms with Crippen LogP contribution in [0.1, 0.15) is 29.4 Å². The maximum absolute atomic E-state index is 9.31. The minimum absolute atomic E-state index is 0. The fourth-order valence-electron chi connectivity index (χ4n) is 2.36. The van der Waals surface area contributed by atoms with Crippen LogP contribution >= 0.6 is 24.0 Å². The maximum atomic E-state index is 9.31. The van der Waals surface area contributed by atoms with E-state index in [1.54, 1.807) is 12.1 Å². The lowest BCUT2D eigenvalue weighted by Crippen LogP contribution is -2.37. The Hall–Kier alpha value is -1.77. The normalized spacial score (nSPS) is 11.1. The van der Waals surface area contributed by atoms with Gasteiger partial charge in [-0.1, -0.05) is 12.1 Å². The van der Waals surface area contributed by atoms with E-state index in [9.17, 15) is 5.11 Å². The lowest BCUT2D eigenvalue weighted by atomic mass is 10.2. The van der Waals surface area contributed by atoms with Gasteiger partial charge in [-0.25, -0.2) is 4.99 Å². The highest BCUT2D eigenvalue weighted by molar-refractivity contribution is 14.0. The van der Waals surface area contributed by atoms with Crippen LogP contribution in [-0.2, 0) is 20.1 Å². The van der Waals surface area contributed by atoms with Crippen LogP contribution in [0.2, 0.25) is 0 Å². The van der Waals surface area contributed by atoms with E-state index in [2.05, 4.69) is 27.6 Å². The van der Waals surface area contributed by atoms with Crippen molar-refractivity contribution in [2.24, 2.45) is 12.0 Å². The van der Waals surface area contributed by atoms with Crippen molar-refractivity contribution in [1.82, 2.24) is 20.4 Å². The molecule has 0 atom stereocenters. The summed E-state index contributed by atoms with van der Waals surface area (Å²) in [6, 6.07) is 7.09. The Labute approximate surface area is 160 Å². The van der Waals surface area contributed by atoms with Crippen molar-refractivity contribution in [2.45, 2.75) is 33.9 Å². The minimum Gasteiger partial charge on any atom is -0.508 e. The van der Waals surface area contributed by atoms with Crippen LogP contribution in [0, 0.1) is 13.8 Å². The van der Waals surface area contributed by atoms with Crippen molar-refractivity contribution < 1.29 is 5.11 Å². The topological polar surface area (TPSA) is 74.5 Å². The van der Waals surface area contributed by atoms with Gasteiger partial charge in [0, 0.05) is 31.4 Å². The first-order valence-corrected chi connectivity index (χ1v) is 7.80. The second-order valence-electron chi connectivity index (χ2n) is 5.49. The van der Waals surface area contributed by atoms with Crippen molar-refractivity contribution in [3.05, 3.63) is 46.8 Å². The molecule has 0 bridgehead atoms. The SMILES string of the molecule is CCNC(=NCc1ccc(O)cc1)NCc1c(C)nn(C)c1C.I. The van der Waals surface area contributed by atoms with Gasteiger partial charge in [-0.05, 0) is 38.5 Å². The predicted octanol–water partition coefficient (Wildman–Crippen LogP) is 2.62. The second kappa shape index (κ2) is 9.51. The molecule has 7 heteroatoms. The summed E-state index contributed by atoms with van der Waals surface area (Å²) in [6.45, 7) is 8.17. The third kappa shape index (κ3) is 5.40. The molecule has 1 aromatic heterocycles. The fourth-order valence-corrected chi connectivity index (χ4v) is 2.36. The molecule has 0 radical (unpaired) electrons. The Morgan fingerprint density at radius 1 is 1.21 bits per heavy atom. The van der Waals surface area contributed by atoms with Crippen LogP contribution in [0.5, 0.6) is 5.75 Å². The number of benzene rings is 1. The average molecular weight is 443 g/mol. The second-order valence-corrected chi connectivity index (χ2v) is 5.49. The van der Waals surface area contributed by atoms with Crippen LogP contribution in [0.4, 0.5) is 0 Å². The van der Waals surface area contributed by atoms with Gasteiger partial charge >= 0.3 is 0 Å². The Bertz CT molecular complexity index is 679. The summed E-state index contributed by atoms with van der Waals surface area (Å²) in [4.78, 5) is 4.58. The highest BCUT2D eigenvalue weighted by atomic mass is 127. The maximum Gasteiger partial charge on any atom is 0.191 e. The number of aromatic hydroxyl groups is 1. The predicted molar refractivity (Wildman–Crippen MR) is 108 cm³/mol. The van der Waals surface area contributed by atoms with Gasteiger partial charge in [-0.15, -0.1) is 24.0 Å². The number of aryl methyl sites for hydroxylation is 2. The highest BCUT2D eigenvalue weighted by Crippen LogP contribution is 2.12. The zero-order valence-corrected chi connectivity index (χ0v) is 17.0. The summed E-state index contributed by atoms with van der Waals surface area (Å²) in [5.74, 6) is 1.04. The van der Waals surface area contributed by atoms with E-state index in [4.69, 9.17) is 0 Å². The monoisotopic (exact) mass is 443 g/mol. The molecule has 0 saturated carbocycles. The van der Waals surface area contributed by atoms with E-state index in [-0.39, 0.29) is 29.7 Å². The van der Waals surface area contributed by atoms with Crippen LogP contribution in [0.25, 0.3) is 0 Å². The smallest absolute Gasteiger partial charge is 0.191 e. The minimum atomic E-state index is 0. The van der Waals surface area contributed by atoms with Gasteiger partial charge in [0.05, 0.1) is 12.2 Å². The Morgan fingerprint density at radius 3 is 2.42 bits per heavy atom. The molecule has 0 saturated heterocycles. The number of aliphatic imine (C=N–C) groups is 1. The number of phenols is 1. The van der Waals surface area contributed by atoms with E-state index < -0.39 is 0 Å². The molecule has 0 aliphatic heterocycles. The van der Waals surface area contributed by atoms with Gasteiger partial charge in [-0.3, -0.25) is 4.68 Å². The Balaban J connectivity index is 0.00000288. The first-order chi connectivity index (χ1) is 11.0. The van der Waals surface area contributed by atoms with Crippen molar-refractivity contribution in [3.8, 4) is 5.75 Å².